The molecule has 1 rings (SSSR count). The van der Waals surface area contributed by atoms with E-state index in [9.17, 15) is 0 Å². The molecule has 90 valence electrons. The van der Waals surface area contributed by atoms with Gasteiger partial charge in [-0.1, -0.05) is 32.4 Å². The van der Waals surface area contributed by atoms with Crippen LogP contribution in [0, 0.1) is 5.41 Å². The minimum Gasteiger partial charge on any atom is -0.478 e. The summed E-state index contributed by atoms with van der Waals surface area (Å²) in [4.78, 5) is 4.23. The van der Waals surface area contributed by atoms with Gasteiger partial charge in [-0.05, 0) is 17.9 Å². The third-order valence-corrected chi connectivity index (χ3v) is 2.53. The first kappa shape index (κ1) is 13.3. The molecular formula is C12H19ClN2O. The molecule has 0 saturated carbocycles. The van der Waals surface area contributed by atoms with Gasteiger partial charge in [0.05, 0.1) is 17.3 Å². The molecule has 0 spiro atoms. The Morgan fingerprint density at radius 3 is 2.62 bits per heavy atom. The smallest absolute Gasteiger partial charge is 0.213 e. The predicted molar refractivity (Wildman–Crippen MR) is 66.7 cm³/mol. The lowest BCUT2D eigenvalue weighted by molar-refractivity contribution is 0.236. The Labute approximate surface area is 102 Å². The van der Waals surface area contributed by atoms with E-state index >= 15 is 0 Å². The lowest BCUT2D eigenvalue weighted by Gasteiger charge is -2.17. The van der Waals surface area contributed by atoms with Crippen LogP contribution in [0.1, 0.15) is 32.9 Å². The summed E-state index contributed by atoms with van der Waals surface area (Å²) in [5.74, 6) is 0.592. The summed E-state index contributed by atoms with van der Waals surface area (Å²) in [6.07, 6.45) is 0.981. The van der Waals surface area contributed by atoms with E-state index in [4.69, 9.17) is 22.1 Å². The Morgan fingerprint density at radius 1 is 1.38 bits per heavy atom. The van der Waals surface area contributed by atoms with Gasteiger partial charge in [-0.3, -0.25) is 0 Å². The number of hydrogen-bond donors (Lipinski definition) is 1. The number of hydrogen-bond acceptors (Lipinski definition) is 3. The summed E-state index contributed by atoms with van der Waals surface area (Å²) in [5, 5.41) is 0.589. The Morgan fingerprint density at radius 2 is 2.06 bits per heavy atom. The zero-order chi connectivity index (χ0) is 12.2. The number of nitrogens with zero attached hydrogens (tertiary/aromatic N) is 1. The molecule has 0 atom stereocenters. The van der Waals surface area contributed by atoms with E-state index in [1.165, 1.54) is 0 Å². The number of ether oxygens (including phenoxy) is 1. The van der Waals surface area contributed by atoms with Crippen LogP contribution in [0.4, 0.5) is 0 Å². The molecule has 0 aliphatic rings. The van der Waals surface area contributed by atoms with Crippen LogP contribution in [0.15, 0.2) is 12.1 Å². The van der Waals surface area contributed by atoms with Gasteiger partial charge in [0.15, 0.2) is 0 Å². The Kier molecular flexibility index (Phi) is 4.56. The highest BCUT2D eigenvalue weighted by Crippen LogP contribution is 2.20. The molecule has 0 amide bonds. The molecule has 0 fully saturated rings. The van der Waals surface area contributed by atoms with Gasteiger partial charge in [-0.2, -0.15) is 0 Å². The molecule has 0 aromatic carbocycles. The number of halogens is 1. The fourth-order valence-corrected chi connectivity index (χ4v) is 1.33. The van der Waals surface area contributed by atoms with Crippen molar-refractivity contribution < 1.29 is 4.74 Å². The number of aromatic nitrogens is 1. The monoisotopic (exact) mass is 242 g/mol. The molecule has 2 N–H and O–H groups in total. The van der Waals surface area contributed by atoms with Crippen LogP contribution in [-0.4, -0.2) is 11.6 Å². The van der Waals surface area contributed by atoms with Crippen LogP contribution >= 0.6 is 11.6 Å². The first-order chi connectivity index (χ1) is 7.42. The highest BCUT2D eigenvalue weighted by Gasteiger charge is 2.10. The standard InChI is InChI=1S/C12H19ClN2O/c1-12(2,3)6-7-16-11-5-4-9(13)10(8-14)15-11/h4-5H,6-8,14H2,1-3H3. The van der Waals surface area contributed by atoms with Gasteiger partial charge in [0, 0.05) is 12.6 Å². The highest BCUT2D eigenvalue weighted by atomic mass is 35.5. The normalized spacial score (nSPS) is 11.6. The molecule has 0 bridgehead atoms. The Bertz CT molecular complexity index is 347. The largest absolute Gasteiger partial charge is 0.478 e. The predicted octanol–water partition coefficient (Wildman–Crippen LogP) is 3.01. The van der Waals surface area contributed by atoms with Crippen LogP contribution in [0.5, 0.6) is 5.88 Å². The fourth-order valence-electron chi connectivity index (χ4n) is 1.15. The van der Waals surface area contributed by atoms with E-state index in [0.29, 0.717) is 29.7 Å². The van der Waals surface area contributed by atoms with Crippen LogP contribution < -0.4 is 10.5 Å². The topological polar surface area (TPSA) is 48.1 Å². The molecule has 3 nitrogen and oxygen atoms in total. The van der Waals surface area contributed by atoms with E-state index in [-0.39, 0.29) is 5.41 Å². The van der Waals surface area contributed by atoms with Crippen molar-refractivity contribution in [2.45, 2.75) is 33.7 Å². The molecule has 0 aliphatic heterocycles. The second kappa shape index (κ2) is 5.51. The molecule has 4 heteroatoms. The number of rotatable bonds is 4. The van der Waals surface area contributed by atoms with Crippen LogP contribution in [0.2, 0.25) is 5.02 Å². The van der Waals surface area contributed by atoms with Crippen molar-refractivity contribution in [2.75, 3.05) is 6.61 Å². The molecule has 0 saturated heterocycles. The molecule has 16 heavy (non-hydrogen) atoms. The maximum atomic E-state index is 5.90. The van der Waals surface area contributed by atoms with Crippen molar-refractivity contribution in [2.24, 2.45) is 11.1 Å². The SMILES string of the molecule is CC(C)(C)CCOc1ccc(Cl)c(CN)n1. The average molecular weight is 243 g/mol. The van der Waals surface area contributed by atoms with Crippen molar-refractivity contribution in [3.05, 3.63) is 22.8 Å². The van der Waals surface area contributed by atoms with Gasteiger partial charge >= 0.3 is 0 Å². The first-order valence-corrected chi connectivity index (χ1v) is 5.78. The van der Waals surface area contributed by atoms with Gasteiger partial charge in [0.1, 0.15) is 0 Å². The van der Waals surface area contributed by atoms with E-state index in [0.717, 1.165) is 6.42 Å². The van der Waals surface area contributed by atoms with Gasteiger partial charge in [0.25, 0.3) is 0 Å². The molecule has 0 aliphatic carbocycles. The summed E-state index contributed by atoms with van der Waals surface area (Å²) in [5.41, 5.74) is 6.46. The molecular weight excluding hydrogens is 224 g/mol. The molecule has 1 aromatic rings. The molecule has 0 radical (unpaired) electrons. The van der Waals surface area contributed by atoms with Gasteiger partial charge in [-0.25, -0.2) is 4.98 Å². The second-order valence-electron chi connectivity index (χ2n) is 4.94. The summed E-state index contributed by atoms with van der Waals surface area (Å²) >= 11 is 5.90. The maximum Gasteiger partial charge on any atom is 0.213 e. The van der Waals surface area contributed by atoms with Crippen molar-refractivity contribution in [3.63, 3.8) is 0 Å². The summed E-state index contributed by atoms with van der Waals surface area (Å²) in [6, 6.07) is 3.54. The number of nitrogens with two attached hydrogens (primary N) is 1. The van der Waals surface area contributed by atoms with E-state index in [1.54, 1.807) is 12.1 Å². The fraction of sp³-hybridized carbons (Fsp3) is 0.583. The Hall–Kier alpha value is -0.800. The highest BCUT2D eigenvalue weighted by molar-refractivity contribution is 6.31. The third-order valence-electron chi connectivity index (χ3n) is 2.19. The zero-order valence-corrected chi connectivity index (χ0v) is 10.8. The summed E-state index contributed by atoms with van der Waals surface area (Å²) < 4.78 is 5.55. The van der Waals surface area contributed by atoms with Crippen molar-refractivity contribution in [1.82, 2.24) is 4.98 Å². The quantitative estimate of drug-likeness (QED) is 0.883. The summed E-state index contributed by atoms with van der Waals surface area (Å²) in [6.45, 7) is 7.52. The molecule has 1 aromatic heterocycles. The van der Waals surface area contributed by atoms with Crippen molar-refractivity contribution >= 4 is 11.6 Å². The van der Waals surface area contributed by atoms with E-state index in [2.05, 4.69) is 25.8 Å². The minimum absolute atomic E-state index is 0.267. The van der Waals surface area contributed by atoms with Crippen LogP contribution in [0.25, 0.3) is 0 Å². The Balaban J connectivity index is 2.55. The van der Waals surface area contributed by atoms with Crippen LogP contribution in [0.3, 0.4) is 0 Å². The number of pyridine rings is 1. The average Bonchev–Trinajstić information content (AvgIpc) is 2.18. The van der Waals surface area contributed by atoms with Crippen LogP contribution in [-0.2, 0) is 6.54 Å². The van der Waals surface area contributed by atoms with Gasteiger partial charge < -0.3 is 10.5 Å². The first-order valence-electron chi connectivity index (χ1n) is 5.41. The van der Waals surface area contributed by atoms with Gasteiger partial charge in [-0.15, -0.1) is 0 Å². The maximum absolute atomic E-state index is 5.90. The lowest BCUT2D eigenvalue weighted by atomic mass is 9.93. The minimum atomic E-state index is 0.267. The van der Waals surface area contributed by atoms with Gasteiger partial charge in [0.2, 0.25) is 5.88 Å². The lowest BCUT2D eigenvalue weighted by Crippen LogP contribution is -2.12. The second-order valence-corrected chi connectivity index (χ2v) is 5.35. The van der Waals surface area contributed by atoms with E-state index in [1.807, 2.05) is 0 Å². The summed E-state index contributed by atoms with van der Waals surface area (Å²) in [7, 11) is 0. The third kappa shape index (κ3) is 4.37. The zero-order valence-electron chi connectivity index (χ0n) is 10.1. The van der Waals surface area contributed by atoms with Crippen molar-refractivity contribution in [3.8, 4) is 5.88 Å². The molecule has 0 unspecified atom stereocenters. The van der Waals surface area contributed by atoms with Crippen molar-refractivity contribution in [1.29, 1.82) is 0 Å². The molecule has 1 heterocycles. The van der Waals surface area contributed by atoms with E-state index < -0.39 is 0 Å².